The van der Waals surface area contributed by atoms with Crippen LogP contribution in [0.3, 0.4) is 0 Å². The molecule has 1 heterocycles. The molecule has 0 spiro atoms. The Morgan fingerprint density at radius 3 is 2.49 bits per heavy atom. The molecular weight excluding hydrogens is 492 g/mol. The van der Waals surface area contributed by atoms with Crippen molar-refractivity contribution in [2.45, 2.75) is 17.9 Å². The number of benzene rings is 3. The third kappa shape index (κ3) is 5.47. The summed E-state index contributed by atoms with van der Waals surface area (Å²) in [5, 5.41) is 3.17. The van der Waals surface area contributed by atoms with Gasteiger partial charge in [-0.15, -0.1) is 0 Å². The first-order valence-electron chi connectivity index (χ1n) is 10.9. The van der Waals surface area contributed by atoms with E-state index in [1.807, 2.05) is 6.07 Å². The minimum absolute atomic E-state index is 0.0368. The summed E-state index contributed by atoms with van der Waals surface area (Å²) >= 11 is 6.17. The van der Waals surface area contributed by atoms with E-state index in [1.54, 1.807) is 49.4 Å². The van der Waals surface area contributed by atoms with Crippen molar-refractivity contribution in [3.63, 3.8) is 0 Å². The van der Waals surface area contributed by atoms with Gasteiger partial charge in [0, 0.05) is 5.02 Å². The van der Waals surface area contributed by atoms with Crippen molar-refractivity contribution in [1.29, 1.82) is 0 Å². The summed E-state index contributed by atoms with van der Waals surface area (Å²) in [5.74, 6) is 1.01. The maximum absolute atomic E-state index is 13.6. The highest BCUT2D eigenvalue weighted by Gasteiger charge is 2.30. The van der Waals surface area contributed by atoms with Crippen molar-refractivity contribution in [2.24, 2.45) is 0 Å². The van der Waals surface area contributed by atoms with Crippen molar-refractivity contribution < 1.29 is 27.4 Å². The average molecular weight is 517 g/mol. The smallest absolute Gasteiger partial charge is 0.264 e. The molecule has 35 heavy (non-hydrogen) atoms. The highest BCUT2D eigenvalue weighted by molar-refractivity contribution is 7.92. The van der Waals surface area contributed by atoms with E-state index in [2.05, 4.69) is 5.32 Å². The molecule has 3 aromatic rings. The number of carbonyl (C=O) groups excluding carboxylic acids is 1. The van der Waals surface area contributed by atoms with E-state index < -0.39 is 28.5 Å². The number of rotatable bonds is 8. The minimum Gasteiger partial charge on any atom is -0.495 e. The van der Waals surface area contributed by atoms with Gasteiger partial charge in [-0.25, -0.2) is 8.42 Å². The first kappa shape index (κ1) is 24.7. The average Bonchev–Trinajstić information content (AvgIpc) is 2.87. The van der Waals surface area contributed by atoms with Crippen LogP contribution in [0.25, 0.3) is 0 Å². The van der Waals surface area contributed by atoms with E-state index >= 15 is 0 Å². The zero-order valence-corrected chi connectivity index (χ0v) is 20.8. The Balaban J connectivity index is 1.62. The summed E-state index contributed by atoms with van der Waals surface area (Å²) in [6.45, 7) is 2.25. The predicted octanol–water partition coefficient (Wildman–Crippen LogP) is 4.19. The fraction of sp³-hybridized carbons (Fsp3) is 0.240. The highest BCUT2D eigenvalue weighted by atomic mass is 35.5. The van der Waals surface area contributed by atoms with Gasteiger partial charge in [0.15, 0.2) is 11.5 Å². The van der Waals surface area contributed by atoms with Crippen LogP contribution in [0.1, 0.15) is 18.5 Å². The van der Waals surface area contributed by atoms with Gasteiger partial charge in [-0.05, 0) is 55.0 Å². The lowest BCUT2D eigenvalue weighted by atomic mass is 10.1. The Morgan fingerprint density at radius 1 is 1.06 bits per heavy atom. The lowest BCUT2D eigenvalue weighted by Gasteiger charge is -2.27. The molecule has 0 saturated heterocycles. The number of anilines is 1. The molecular formula is C25H25ClN2O6S. The van der Waals surface area contributed by atoms with Crippen molar-refractivity contribution in [1.82, 2.24) is 5.32 Å². The summed E-state index contributed by atoms with van der Waals surface area (Å²) in [6, 6.07) is 17.5. The van der Waals surface area contributed by atoms with Gasteiger partial charge in [0.25, 0.3) is 10.0 Å². The Bertz CT molecular complexity index is 1320. The van der Waals surface area contributed by atoms with E-state index in [0.717, 1.165) is 9.87 Å². The molecule has 10 heteroatoms. The van der Waals surface area contributed by atoms with Gasteiger partial charge >= 0.3 is 0 Å². The van der Waals surface area contributed by atoms with Crippen LogP contribution in [0.15, 0.2) is 71.6 Å². The van der Waals surface area contributed by atoms with Crippen LogP contribution < -0.4 is 23.8 Å². The summed E-state index contributed by atoms with van der Waals surface area (Å²) in [7, 11) is -2.69. The number of amides is 1. The van der Waals surface area contributed by atoms with E-state index in [4.69, 9.17) is 25.8 Å². The van der Waals surface area contributed by atoms with Crippen molar-refractivity contribution in [2.75, 3.05) is 31.2 Å². The Kier molecular flexibility index (Phi) is 7.37. The largest absolute Gasteiger partial charge is 0.495 e. The van der Waals surface area contributed by atoms with Crippen molar-refractivity contribution in [3.05, 3.63) is 77.3 Å². The number of hydrogen-bond acceptors (Lipinski definition) is 6. The van der Waals surface area contributed by atoms with Gasteiger partial charge in [0.1, 0.15) is 25.5 Å². The van der Waals surface area contributed by atoms with E-state index in [9.17, 15) is 13.2 Å². The molecule has 0 saturated carbocycles. The van der Waals surface area contributed by atoms with Gasteiger partial charge in [-0.3, -0.25) is 9.10 Å². The number of ether oxygens (including phenoxy) is 3. The van der Waals surface area contributed by atoms with Crippen LogP contribution in [0.4, 0.5) is 5.69 Å². The van der Waals surface area contributed by atoms with Crippen LogP contribution in [0.5, 0.6) is 17.2 Å². The molecule has 1 unspecified atom stereocenters. The van der Waals surface area contributed by atoms with Gasteiger partial charge in [0.05, 0.1) is 23.7 Å². The number of sulfonamides is 1. The fourth-order valence-corrected chi connectivity index (χ4v) is 5.32. The zero-order valence-electron chi connectivity index (χ0n) is 19.2. The van der Waals surface area contributed by atoms with Crippen LogP contribution in [0.2, 0.25) is 5.02 Å². The topological polar surface area (TPSA) is 94.2 Å². The minimum atomic E-state index is -4.11. The Labute approximate surface area is 209 Å². The molecule has 0 radical (unpaired) electrons. The number of carbonyl (C=O) groups is 1. The van der Waals surface area contributed by atoms with E-state index in [1.165, 1.54) is 25.3 Å². The number of nitrogens with zero attached hydrogens (tertiary/aromatic N) is 1. The molecule has 8 nitrogen and oxygen atoms in total. The molecule has 1 N–H and O–H groups in total. The Hall–Kier alpha value is -3.43. The second kappa shape index (κ2) is 10.5. The summed E-state index contributed by atoms with van der Waals surface area (Å²) in [4.78, 5) is 13.2. The summed E-state index contributed by atoms with van der Waals surface area (Å²) in [5.41, 5.74) is 0.950. The van der Waals surface area contributed by atoms with Gasteiger partial charge in [-0.1, -0.05) is 35.9 Å². The van der Waals surface area contributed by atoms with Crippen molar-refractivity contribution in [3.8, 4) is 17.2 Å². The van der Waals surface area contributed by atoms with E-state index in [-0.39, 0.29) is 16.3 Å². The predicted molar refractivity (Wildman–Crippen MR) is 133 cm³/mol. The van der Waals surface area contributed by atoms with Crippen LogP contribution in [-0.2, 0) is 14.8 Å². The SMILES string of the molecule is COc1ccc(Cl)cc1N(CC(=O)NC(C)c1ccc2c(c1)OCCO2)S(=O)(=O)c1ccccc1. The molecule has 1 amide bonds. The standard InChI is InChI=1S/C25H25ClN2O6S/c1-17(18-8-10-23-24(14-18)34-13-12-33-23)27-25(29)16-28(21-15-19(26)9-11-22(21)32-2)35(30,31)20-6-4-3-5-7-20/h3-11,14-15,17H,12-13,16H2,1-2H3,(H,27,29). The molecule has 0 aromatic heterocycles. The molecule has 3 aromatic carbocycles. The highest BCUT2D eigenvalue weighted by Crippen LogP contribution is 2.35. The lowest BCUT2D eigenvalue weighted by molar-refractivity contribution is -0.120. The number of methoxy groups -OCH3 is 1. The quantitative estimate of drug-likeness (QED) is 0.482. The fourth-order valence-electron chi connectivity index (χ4n) is 3.71. The molecule has 0 aliphatic carbocycles. The van der Waals surface area contributed by atoms with Crippen LogP contribution in [-0.4, -0.2) is 41.2 Å². The maximum Gasteiger partial charge on any atom is 0.264 e. The molecule has 1 aliphatic heterocycles. The second-order valence-electron chi connectivity index (χ2n) is 7.83. The number of hydrogen-bond donors (Lipinski definition) is 1. The van der Waals surface area contributed by atoms with Crippen LogP contribution >= 0.6 is 11.6 Å². The number of nitrogens with one attached hydrogen (secondary N) is 1. The molecule has 184 valence electrons. The van der Waals surface area contributed by atoms with Crippen LogP contribution in [0, 0.1) is 0 Å². The molecule has 1 atom stereocenters. The first-order chi connectivity index (χ1) is 16.8. The third-order valence-electron chi connectivity index (χ3n) is 5.47. The summed E-state index contributed by atoms with van der Waals surface area (Å²) in [6.07, 6.45) is 0. The maximum atomic E-state index is 13.6. The first-order valence-corrected chi connectivity index (χ1v) is 12.7. The summed E-state index contributed by atoms with van der Waals surface area (Å²) < 4.78 is 44.7. The van der Waals surface area contributed by atoms with E-state index in [0.29, 0.717) is 29.7 Å². The Morgan fingerprint density at radius 2 is 1.77 bits per heavy atom. The number of fused-ring (bicyclic) bond motifs is 1. The molecule has 0 fully saturated rings. The van der Waals surface area contributed by atoms with Gasteiger partial charge in [0.2, 0.25) is 5.91 Å². The van der Waals surface area contributed by atoms with Crippen molar-refractivity contribution >= 4 is 33.2 Å². The number of halogens is 1. The molecule has 1 aliphatic rings. The normalized spacial score (nSPS) is 13.6. The zero-order chi connectivity index (χ0) is 25.0. The second-order valence-corrected chi connectivity index (χ2v) is 10.1. The molecule has 4 rings (SSSR count). The van der Waals surface area contributed by atoms with Gasteiger partial charge in [-0.2, -0.15) is 0 Å². The monoisotopic (exact) mass is 516 g/mol. The molecule has 0 bridgehead atoms. The van der Waals surface area contributed by atoms with Gasteiger partial charge < -0.3 is 19.5 Å². The lowest BCUT2D eigenvalue weighted by Crippen LogP contribution is -2.41. The third-order valence-corrected chi connectivity index (χ3v) is 7.48.